The fourth-order valence-corrected chi connectivity index (χ4v) is 1.27. The van der Waals surface area contributed by atoms with Gasteiger partial charge in [0.15, 0.2) is 5.60 Å². The minimum Gasteiger partial charge on any atom is -0.423 e. The van der Waals surface area contributed by atoms with E-state index in [1.165, 1.54) is 24.3 Å². The van der Waals surface area contributed by atoms with Gasteiger partial charge in [-0.15, -0.1) is 0 Å². The Labute approximate surface area is 91.9 Å². The number of benzene rings is 1. The van der Waals surface area contributed by atoms with Crippen LogP contribution in [-0.2, 0) is 9.47 Å². The molecule has 1 aromatic carbocycles. The second-order valence-electron chi connectivity index (χ2n) is 3.85. The predicted molar refractivity (Wildman–Crippen MR) is 52.7 cm³/mol. The molecule has 86 valence electrons. The smallest absolute Gasteiger partial charge is 0.423 e. The molecule has 1 aliphatic heterocycles. The Kier molecular flexibility index (Phi) is 2.78. The number of hydrogen-bond acceptors (Lipinski definition) is 4. The van der Waals surface area contributed by atoms with Crippen molar-refractivity contribution < 1.29 is 23.4 Å². The summed E-state index contributed by atoms with van der Waals surface area (Å²) >= 11 is 0. The fraction of sp³-hybridized carbons (Fsp3) is 0.364. The van der Waals surface area contributed by atoms with Gasteiger partial charge in [0.1, 0.15) is 11.6 Å². The third kappa shape index (κ3) is 2.49. The van der Waals surface area contributed by atoms with E-state index in [0.717, 1.165) is 0 Å². The fourth-order valence-electron chi connectivity index (χ4n) is 1.27. The molecule has 0 N–H and O–H groups in total. The highest BCUT2D eigenvalue weighted by Gasteiger charge is 2.38. The molecule has 4 nitrogen and oxygen atoms in total. The van der Waals surface area contributed by atoms with Crippen LogP contribution in [0.4, 0.5) is 9.18 Å². The summed E-state index contributed by atoms with van der Waals surface area (Å²) in [7, 11) is 0. The number of rotatable bonds is 2. The number of hydrogen-bond donors (Lipinski definition) is 0. The second-order valence-corrected chi connectivity index (χ2v) is 3.85. The van der Waals surface area contributed by atoms with Crippen LogP contribution in [0.1, 0.15) is 6.92 Å². The quantitative estimate of drug-likeness (QED) is 0.572. The zero-order chi connectivity index (χ0) is 11.6. The first-order valence-corrected chi connectivity index (χ1v) is 4.82. The summed E-state index contributed by atoms with van der Waals surface area (Å²) in [6.45, 7) is 2.49. The lowest BCUT2D eigenvalue weighted by atomic mass is 10.1. The molecule has 0 saturated carbocycles. The lowest BCUT2D eigenvalue weighted by Crippen LogP contribution is -2.50. The van der Waals surface area contributed by atoms with E-state index in [1.54, 1.807) is 6.92 Å². The van der Waals surface area contributed by atoms with Gasteiger partial charge in [-0.05, 0) is 31.2 Å². The summed E-state index contributed by atoms with van der Waals surface area (Å²) in [5.74, 6) is -0.143. The molecule has 16 heavy (non-hydrogen) atoms. The Morgan fingerprint density at radius 2 is 2.00 bits per heavy atom. The molecule has 0 aliphatic carbocycles. The third-order valence-corrected chi connectivity index (χ3v) is 2.16. The average Bonchev–Trinajstić information content (AvgIpc) is 2.19. The van der Waals surface area contributed by atoms with Crippen LogP contribution in [0.25, 0.3) is 0 Å². The van der Waals surface area contributed by atoms with Gasteiger partial charge in [-0.1, -0.05) is 0 Å². The van der Waals surface area contributed by atoms with Gasteiger partial charge in [0.05, 0.1) is 13.2 Å². The molecular weight excluding hydrogens is 215 g/mol. The van der Waals surface area contributed by atoms with E-state index >= 15 is 0 Å². The van der Waals surface area contributed by atoms with Gasteiger partial charge in [-0.3, -0.25) is 0 Å². The summed E-state index contributed by atoms with van der Waals surface area (Å²) in [6.07, 6.45) is -0.808. The van der Waals surface area contributed by atoms with E-state index < -0.39 is 11.8 Å². The highest BCUT2D eigenvalue weighted by atomic mass is 19.1. The number of carbonyl (C=O) groups excluding carboxylic acids is 1. The zero-order valence-electron chi connectivity index (χ0n) is 8.73. The van der Waals surface area contributed by atoms with E-state index in [-0.39, 0.29) is 11.6 Å². The van der Waals surface area contributed by atoms with Gasteiger partial charge < -0.3 is 14.2 Å². The highest BCUT2D eigenvalue weighted by Crippen LogP contribution is 2.22. The van der Waals surface area contributed by atoms with Gasteiger partial charge in [-0.25, -0.2) is 9.18 Å². The van der Waals surface area contributed by atoms with Crippen LogP contribution in [0.2, 0.25) is 0 Å². The third-order valence-electron chi connectivity index (χ3n) is 2.16. The monoisotopic (exact) mass is 226 g/mol. The molecule has 1 aromatic rings. The van der Waals surface area contributed by atoms with Crippen LogP contribution >= 0.6 is 0 Å². The molecule has 1 fully saturated rings. The van der Waals surface area contributed by atoms with E-state index in [4.69, 9.17) is 14.2 Å². The summed E-state index contributed by atoms with van der Waals surface area (Å²) < 4.78 is 27.4. The van der Waals surface area contributed by atoms with Crippen molar-refractivity contribution in [1.82, 2.24) is 0 Å². The molecule has 0 atom stereocenters. The van der Waals surface area contributed by atoms with Crippen molar-refractivity contribution in [2.75, 3.05) is 13.2 Å². The van der Waals surface area contributed by atoms with Crippen molar-refractivity contribution in [1.29, 1.82) is 0 Å². The lowest BCUT2D eigenvalue weighted by Gasteiger charge is -2.36. The number of carbonyl (C=O) groups is 1. The molecule has 0 radical (unpaired) electrons. The van der Waals surface area contributed by atoms with Crippen LogP contribution in [-0.4, -0.2) is 25.0 Å². The molecule has 5 heteroatoms. The van der Waals surface area contributed by atoms with E-state index in [9.17, 15) is 9.18 Å². The van der Waals surface area contributed by atoms with Crippen molar-refractivity contribution in [3.05, 3.63) is 30.1 Å². The molecule has 0 bridgehead atoms. The molecule has 1 aliphatic rings. The van der Waals surface area contributed by atoms with Crippen molar-refractivity contribution in [3.63, 3.8) is 0 Å². The molecular formula is C11H11FO4. The normalized spacial score (nSPS) is 17.4. The molecule has 0 amide bonds. The summed E-state index contributed by atoms with van der Waals surface area (Å²) in [4.78, 5) is 11.3. The predicted octanol–water partition coefficient (Wildman–Crippen LogP) is 2.13. The lowest BCUT2D eigenvalue weighted by molar-refractivity contribution is -0.173. The SMILES string of the molecule is CC1(OC(=O)Oc2ccc(F)cc2)COC1. The molecule has 1 heterocycles. The molecule has 2 rings (SSSR count). The van der Waals surface area contributed by atoms with Gasteiger partial charge in [-0.2, -0.15) is 0 Å². The Morgan fingerprint density at radius 3 is 2.50 bits per heavy atom. The minimum atomic E-state index is -0.808. The van der Waals surface area contributed by atoms with Crippen LogP contribution in [0.15, 0.2) is 24.3 Å². The molecule has 0 spiro atoms. The summed E-state index contributed by atoms with van der Waals surface area (Å²) in [5.41, 5.74) is -0.600. The van der Waals surface area contributed by atoms with Crippen molar-refractivity contribution >= 4 is 6.16 Å². The van der Waals surface area contributed by atoms with Gasteiger partial charge in [0.2, 0.25) is 0 Å². The maximum absolute atomic E-state index is 12.6. The van der Waals surface area contributed by atoms with Crippen LogP contribution < -0.4 is 4.74 Å². The van der Waals surface area contributed by atoms with Crippen LogP contribution in [0.3, 0.4) is 0 Å². The standard InChI is InChI=1S/C11H11FO4/c1-11(6-14-7-11)16-10(13)15-9-4-2-8(12)3-5-9/h2-5H,6-7H2,1H3. The van der Waals surface area contributed by atoms with Crippen molar-refractivity contribution in [2.24, 2.45) is 0 Å². The molecule has 0 aromatic heterocycles. The van der Waals surface area contributed by atoms with E-state index in [1.807, 2.05) is 0 Å². The first kappa shape index (κ1) is 10.9. The largest absolute Gasteiger partial charge is 0.514 e. The van der Waals surface area contributed by atoms with Gasteiger partial charge in [0.25, 0.3) is 0 Å². The Morgan fingerprint density at radius 1 is 1.38 bits per heavy atom. The first-order valence-electron chi connectivity index (χ1n) is 4.82. The van der Waals surface area contributed by atoms with Crippen LogP contribution in [0, 0.1) is 5.82 Å². The Balaban J connectivity index is 1.89. The topological polar surface area (TPSA) is 44.8 Å². The minimum absolute atomic E-state index is 0.246. The second kappa shape index (κ2) is 4.09. The number of ether oxygens (including phenoxy) is 3. The van der Waals surface area contributed by atoms with Crippen molar-refractivity contribution in [3.8, 4) is 5.75 Å². The average molecular weight is 226 g/mol. The Hall–Kier alpha value is -1.62. The van der Waals surface area contributed by atoms with Gasteiger partial charge in [0, 0.05) is 0 Å². The molecule has 1 saturated heterocycles. The van der Waals surface area contributed by atoms with Crippen LogP contribution in [0.5, 0.6) is 5.75 Å². The zero-order valence-corrected chi connectivity index (χ0v) is 8.73. The molecule has 0 unspecified atom stereocenters. The highest BCUT2D eigenvalue weighted by molar-refractivity contribution is 5.64. The first-order chi connectivity index (χ1) is 7.57. The maximum Gasteiger partial charge on any atom is 0.514 e. The maximum atomic E-state index is 12.6. The Bertz CT molecular complexity index is 383. The van der Waals surface area contributed by atoms with E-state index in [0.29, 0.717) is 13.2 Å². The number of halogens is 1. The van der Waals surface area contributed by atoms with Gasteiger partial charge >= 0.3 is 6.16 Å². The summed E-state index contributed by atoms with van der Waals surface area (Å²) in [6, 6.07) is 5.12. The summed E-state index contributed by atoms with van der Waals surface area (Å²) in [5, 5.41) is 0. The van der Waals surface area contributed by atoms with E-state index in [2.05, 4.69) is 0 Å². The van der Waals surface area contributed by atoms with Crippen molar-refractivity contribution in [2.45, 2.75) is 12.5 Å².